The Morgan fingerprint density at radius 2 is 1.74 bits per heavy atom. The van der Waals surface area contributed by atoms with Crippen LogP contribution in [0, 0.1) is 6.92 Å². The summed E-state index contributed by atoms with van der Waals surface area (Å²) >= 11 is 5.92. The van der Waals surface area contributed by atoms with Gasteiger partial charge in [-0.15, -0.1) is 0 Å². The summed E-state index contributed by atoms with van der Waals surface area (Å²) in [5.41, 5.74) is 4.48. The summed E-state index contributed by atoms with van der Waals surface area (Å²) in [6.07, 6.45) is 9.00. The van der Waals surface area contributed by atoms with Crippen molar-refractivity contribution in [2.45, 2.75) is 6.92 Å². The van der Waals surface area contributed by atoms with Gasteiger partial charge in [0.1, 0.15) is 12.1 Å². The number of nitrogens with one attached hydrogen (secondary N) is 1. The number of nitrogens with zero attached hydrogens (tertiary/aromatic N) is 4. The molecule has 0 fully saturated rings. The second kappa shape index (κ2) is 7.51. The smallest absolute Gasteiger partial charge is 0.141 e. The fourth-order valence-corrected chi connectivity index (χ4v) is 2.73. The second-order valence-corrected chi connectivity index (χ2v) is 6.48. The van der Waals surface area contributed by atoms with Gasteiger partial charge in [0.2, 0.25) is 0 Å². The molecule has 27 heavy (non-hydrogen) atoms. The Bertz CT molecular complexity index is 1110. The van der Waals surface area contributed by atoms with E-state index in [1.807, 2.05) is 61.5 Å². The first-order valence-electron chi connectivity index (χ1n) is 8.41. The van der Waals surface area contributed by atoms with Crippen molar-refractivity contribution >= 4 is 46.2 Å². The maximum absolute atomic E-state index is 5.92. The van der Waals surface area contributed by atoms with Crippen LogP contribution in [0.1, 0.15) is 17.0 Å². The van der Waals surface area contributed by atoms with Gasteiger partial charge in [-0.25, -0.2) is 9.97 Å². The molecule has 5 nitrogen and oxygen atoms in total. The normalized spacial score (nSPS) is 11.2. The van der Waals surface area contributed by atoms with Crippen molar-refractivity contribution in [2.75, 3.05) is 5.32 Å². The van der Waals surface area contributed by atoms with Crippen LogP contribution in [0.25, 0.3) is 23.1 Å². The Hall–Kier alpha value is -3.31. The summed E-state index contributed by atoms with van der Waals surface area (Å²) in [7, 11) is 0. The highest BCUT2D eigenvalue weighted by atomic mass is 35.5. The number of benzene rings is 1. The van der Waals surface area contributed by atoms with E-state index in [-0.39, 0.29) is 0 Å². The first-order chi connectivity index (χ1) is 13.2. The number of aryl methyl sites for hydroxylation is 1. The molecular weight excluding hydrogens is 358 g/mol. The molecule has 0 radical (unpaired) electrons. The van der Waals surface area contributed by atoms with Crippen molar-refractivity contribution in [1.29, 1.82) is 0 Å². The van der Waals surface area contributed by atoms with E-state index in [0.29, 0.717) is 5.82 Å². The molecule has 1 N–H and O–H groups in total. The van der Waals surface area contributed by atoms with Crippen LogP contribution in [0.4, 0.5) is 11.5 Å². The SMILES string of the molecule is Cc1ccc(Nc2ncnc3cnc(/C=C/c4ccc(Cl)cc4)cc23)cn1. The largest absolute Gasteiger partial charge is 0.338 e. The van der Waals surface area contributed by atoms with Crippen LogP contribution in [0.2, 0.25) is 5.02 Å². The predicted molar refractivity (Wildman–Crippen MR) is 110 cm³/mol. The summed E-state index contributed by atoms with van der Waals surface area (Å²) in [6, 6.07) is 13.5. The maximum atomic E-state index is 5.92. The van der Waals surface area contributed by atoms with Crippen LogP contribution in [0.5, 0.6) is 0 Å². The minimum Gasteiger partial charge on any atom is -0.338 e. The van der Waals surface area contributed by atoms with Gasteiger partial charge >= 0.3 is 0 Å². The number of pyridine rings is 2. The molecule has 0 bridgehead atoms. The summed E-state index contributed by atoms with van der Waals surface area (Å²) in [6.45, 7) is 1.95. The molecule has 1 aromatic carbocycles. The average Bonchev–Trinajstić information content (AvgIpc) is 2.69. The molecule has 3 heterocycles. The summed E-state index contributed by atoms with van der Waals surface area (Å²) in [4.78, 5) is 17.4. The summed E-state index contributed by atoms with van der Waals surface area (Å²) in [5, 5.41) is 4.91. The quantitative estimate of drug-likeness (QED) is 0.526. The summed E-state index contributed by atoms with van der Waals surface area (Å²) < 4.78 is 0. The molecule has 0 saturated carbocycles. The minimum atomic E-state index is 0.717. The third-order valence-corrected chi connectivity index (χ3v) is 4.29. The lowest BCUT2D eigenvalue weighted by atomic mass is 10.2. The Kier molecular flexibility index (Phi) is 4.77. The predicted octanol–water partition coefficient (Wildman–Crippen LogP) is 5.30. The van der Waals surface area contributed by atoms with Crippen molar-refractivity contribution in [1.82, 2.24) is 19.9 Å². The van der Waals surface area contributed by atoms with E-state index in [1.54, 1.807) is 12.4 Å². The molecule has 0 atom stereocenters. The highest BCUT2D eigenvalue weighted by molar-refractivity contribution is 6.30. The zero-order valence-electron chi connectivity index (χ0n) is 14.6. The number of aromatic nitrogens is 4. The van der Waals surface area contributed by atoms with E-state index in [1.165, 1.54) is 6.33 Å². The number of hydrogen-bond donors (Lipinski definition) is 1. The molecule has 0 amide bonds. The topological polar surface area (TPSA) is 63.6 Å². The standard InChI is InChI=1S/C21H16ClN5/c1-14-2-8-18(11-23-14)27-21-19-10-17(24-12-20(19)25-13-26-21)9-5-15-3-6-16(22)7-4-15/h2-13H,1H3,(H,25,26,27)/b9-5+. The van der Waals surface area contributed by atoms with Crippen LogP contribution in [0.15, 0.2) is 61.2 Å². The second-order valence-electron chi connectivity index (χ2n) is 6.05. The first kappa shape index (κ1) is 17.1. The highest BCUT2D eigenvalue weighted by Gasteiger charge is 2.06. The molecule has 4 rings (SSSR count). The molecule has 4 aromatic rings. The third kappa shape index (κ3) is 4.10. The van der Waals surface area contributed by atoms with Gasteiger partial charge in [-0.05, 0) is 48.9 Å². The van der Waals surface area contributed by atoms with Crippen molar-refractivity contribution < 1.29 is 0 Å². The van der Waals surface area contributed by atoms with E-state index in [0.717, 1.165) is 38.6 Å². The van der Waals surface area contributed by atoms with Gasteiger partial charge in [-0.2, -0.15) is 0 Å². The van der Waals surface area contributed by atoms with Crippen LogP contribution in [-0.4, -0.2) is 19.9 Å². The molecule has 0 unspecified atom stereocenters. The number of anilines is 2. The van der Waals surface area contributed by atoms with E-state index in [2.05, 4.69) is 25.3 Å². The summed E-state index contributed by atoms with van der Waals surface area (Å²) in [5.74, 6) is 0.717. The van der Waals surface area contributed by atoms with Crippen molar-refractivity contribution in [2.24, 2.45) is 0 Å². The highest BCUT2D eigenvalue weighted by Crippen LogP contribution is 2.23. The Morgan fingerprint density at radius 1 is 0.889 bits per heavy atom. The van der Waals surface area contributed by atoms with Gasteiger partial charge in [-0.3, -0.25) is 9.97 Å². The van der Waals surface area contributed by atoms with E-state index in [4.69, 9.17) is 11.6 Å². The van der Waals surface area contributed by atoms with E-state index < -0.39 is 0 Å². The van der Waals surface area contributed by atoms with Crippen molar-refractivity contribution in [3.8, 4) is 0 Å². The minimum absolute atomic E-state index is 0.717. The molecule has 6 heteroatoms. The molecule has 3 aromatic heterocycles. The van der Waals surface area contributed by atoms with Gasteiger partial charge in [-0.1, -0.05) is 29.8 Å². The number of rotatable bonds is 4. The fourth-order valence-electron chi connectivity index (χ4n) is 2.60. The zero-order valence-corrected chi connectivity index (χ0v) is 15.4. The molecule has 0 aliphatic heterocycles. The molecule has 0 spiro atoms. The Morgan fingerprint density at radius 3 is 2.52 bits per heavy atom. The average molecular weight is 374 g/mol. The number of halogens is 1. The Labute approximate surface area is 161 Å². The lowest BCUT2D eigenvalue weighted by Crippen LogP contribution is -1.97. The van der Waals surface area contributed by atoms with Crippen LogP contribution in [0.3, 0.4) is 0 Å². The molecule has 0 aliphatic rings. The van der Waals surface area contributed by atoms with Gasteiger partial charge in [0.25, 0.3) is 0 Å². The maximum Gasteiger partial charge on any atom is 0.141 e. The van der Waals surface area contributed by atoms with Crippen molar-refractivity contribution in [3.63, 3.8) is 0 Å². The van der Waals surface area contributed by atoms with Gasteiger partial charge in [0.15, 0.2) is 0 Å². The molecule has 132 valence electrons. The van der Waals surface area contributed by atoms with Gasteiger partial charge in [0, 0.05) is 16.1 Å². The lowest BCUT2D eigenvalue weighted by molar-refractivity contribution is 1.18. The van der Waals surface area contributed by atoms with Gasteiger partial charge in [0.05, 0.1) is 29.3 Å². The monoisotopic (exact) mass is 373 g/mol. The van der Waals surface area contributed by atoms with Crippen LogP contribution in [-0.2, 0) is 0 Å². The van der Waals surface area contributed by atoms with Gasteiger partial charge < -0.3 is 5.32 Å². The van der Waals surface area contributed by atoms with Crippen molar-refractivity contribution in [3.05, 3.63) is 83.2 Å². The third-order valence-electron chi connectivity index (χ3n) is 4.03. The van der Waals surface area contributed by atoms with Crippen LogP contribution < -0.4 is 5.32 Å². The molecule has 0 saturated heterocycles. The number of fused-ring (bicyclic) bond motifs is 1. The van der Waals surface area contributed by atoms with E-state index in [9.17, 15) is 0 Å². The fraction of sp³-hybridized carbons (Fsp3) is 0.0476. The number of hydrogen-bond acceptors (Lipinski definition) is 5. The molecule has 0 aliphatic carbocycles. The lowest BCUT2D eigenvalue weighted by Gasteiger charge is -2.08. The zero-order chi connectivity index (χ0) is 18.6. The first-order valence-corrected chi connectivity index (χ1v) is 8.79. The Balaban J connectivity index is 1.66. The van der Waals surface area contributed by atoms with E-state index >= 15 is 0 Å². The molecular formula is C21H16ClN5. The van der Waals surface area contributed by atoms with Crippen LogP contribution >= 0.6 is 11.6 Å².